The molecular formula is C14H27NO2. The van der Waals surface area contributed by atoms with Crippen LogP contribution in [0, 0.1) is 11.8 Å². The van der Waals surface area contributed by atoms with Gasteiger partial charge in [0.2, 0.25) is 0 Å². The van der Waals surface area contributed by atoms with Crippen molar-refractivity contribution in [3.05, 3.63) is 0 Å². The largest absolute Gasteiger partial charge is 0.355 e. The van der Waals surface area contributed by atoms with Gasteiger partial charge in [0.05, 0.1) is 12.7 Å². The Morgan fingerprint density at radius 1 is 1.12 bits per heavy atom. The van der Waals surface area contributed by atoms with Crippen molar-refractivity contribution in [3.8, 4) is 0 Å². The van der Waals surface area contributed by atoms with E-state index in [1.807, 2.05) is 0 Å². The topological polar surface area (TPSA) is 30.5 Å². The van der Waals surface area contributed by atoms with Gasteiger partial charge in [0, 0.05) is 6.54 Å². The molecule has 1 aliphatic heterocycles. The predicted molar refractivity (Wildman–Crippen MR) is 68.9 cm³/mol. The lowest BCUT2D eigenvalue weighted by atomic mass is 9.81. The predicted octanol–water partition coefficient (Wildman–Crippen LogP) is 2.56. The summed E-state index contributed by atoms with van der Waals surface area (Å²) in [6.45, 7) is 5.86. The summed E-state index contributed by atoms with van der Waals surface area (Å²) in [5.74, 6) is 1.93. The molecule has 2 rings (SSSR count). The van der Waals surface area contributed by atoms with E-state index in [0.717, 1.165) is 38.0 Å². The van der Waals surface area contributed by atoms with Crippen LogP contribution in [-0.4, -0.2) is 32.6 Å². The molecule has 0 amide bonds. The summed E-state index contributed by atoms with van der Waals surface area (Å²) in [6, 6.07) is 0. The summed E-state index contributed by atoms with van der Waals surface area (Å²) in [4.78, 5) is 0. The van der Waals surface area contributed by atoms with E-state index in [1.54, 1.807) is 0 Å². The van der Waals surface area contributed by atoms with Gasteiger partial charge in [-0.2, -0.15) is 0 Å². The molecule has 1 saturated heterocycles. The second kappa shape index (κ2) is 7.34. The molecule has 3 heteroatoms. The molecule has 1 unspecified atom stereocenters. The Morgan fingerprint density at radius 3 is 2.65 bits per heavy atom. The van der Waals surface area contributed by atoms with Gasteiger partial charge in [-0.25, -0.2) is 0 Å². The normalized spacial score (nSPS) is 34.8. The molecule has 1 atom stereocenters. The van der Waals surface area contributed by atoms with E-state index in [9.17, 15) is 0 Å². The zero-order chi connectivity index (χ0) is 11.9. The minimum atomic E-state index is 0.370. The summed E-state index contributed by atoms with van der Waals surface area (Å²) in [7, 11) is 0. The molecule has 0 aromatic rings. The van der Waals surface area contributed by atoms with Gasteiger partial charge < -0.3 is 14.8 Å². The first-order valence-corrected chi connectivity index (χ1v) is 7.24. The van der Waals surface area contributed by atoms with Gasteiger partial charge >= 0.3 is 0 Å². The first-order valence-electron chi connectivity index (χ1n) is 7.24. The maximum atomic E-state index is 5.50. The Morgan fingerprint density at radius 2 is 1.94 bits per heavy atom. The molecule has 1 saturated carbocycles. The number of hydrogen-bond acceptors (Lipinski definition) is 3. The highest BCUT2D eigenvalue weighted by Crippen LogP contribution is 2.29. The Bertz CT molecular complexity index is 196. The summed E-state index contributed by atoms with van der Waals surface area (Å²) < 4.78 is 10.7. The highest BCUT2D eigenvalue weighted by molar-refractivity contribution is 4.71. The Balaban J connectivity index is 1.48. The molecule has 0 bridgehead atoms. The highest BCUT2D eigenvalue weighted by atomic mass is 16.7. The molecule has 2 aliphatic rings. The summed E-state index contributed by atoms with van der Waals surface area (Å²) in [5.41, 5.74) is 0. The standard InChI is InChI=1S/C14H27NO2/c1-12-2-4-13(5-3-12)6-8-15-10-14-7-9-16-11-17-14/h12-15H,2-11H2,1H3. The van der Waals surface area contributed by atoms with Gasteiger partial charge in [-0.1, -0.05) is 32.6 Å². The van der Waals surface area contributed by atoms with Crippen molar-refractivity contribution in [2.75, 3.05) is 26.5 Å². The molecular weight excluding hydrogens is 214 g/mol. The van der Waals surface area contributed by atoms with Crippen LogP contribution in [0.5, 0.6) is 0 Å². The lowest BCUT2D eigenvalue weighted by Gasteiger charge is -2.27. The fourth-order valence-electron chi connectivity index (χ4n) is 2.85. The third-order valence-corrected chi connectivity index (χ3v) is 4.21. The van der Waals surface area contributed by atoms with Gasteiger partial charge in [-0.05, 0) is 31.2 Å². The van der Waals surface area contributed by atoms with Crippen molar-refractivity contribution >= 4 is 0 Å². The third kappa shape index (κ3) is 4.94. The second-order valence-corrected chi connectivity index (χ2v) is 5.72. The average Bonchev–Trinajstić information content (AvgIpc) is 2.38. The summed E-state index contributed by atoms with van der Waals surface area (Å²) in [6.07, 6.45) is 8.51. The molecule has 17 heavy (non-hydrogen) atoms. The SMILES string of the molecule is CC1CCC(CCNCC2CCOCO2)CC1. The van der Waals surface area contributed by atoms with Crippen molar-refractivity contribution in [3.63, 3.8) is 0 Å². The van der Waals surface area contributed by atoms with Crippen molar-refractivity contribution in [2.24, 2.45) is 11.8 Å². The van der Waals surface area contributed by atoms with E-state index in [1.165, 1.54) is 32.1 Å². The quantitative estimate of drug-likeness (QED) is 0.750. The van der Waals surface area contributed by atoms with Crippen molar-refractivity contribution in [1.82, 2.24) is 5.32 Å². The Hall–Kier alpha value is -0.120. The van der Waals surface area contributed by atoms with E-state index < -0.39 is 0 Å². The van der Waals surface area contributed by atoms with Crippen LogP contribution < -0.4 is 5.32 Å². The number of nitrogens with one attached hydrogen (secondary N) is 1. The zero-order valence-corrected chi connectivity index (χ0v) is 11.1. The molecule has 1 aliphatic carbocycles. The van der Waals surface area contributed by atoms with Crippen molar-refractivity contribution in [2.45, 2.75) is 51.6 Å². The van der Waals surface area contributed by atoms with E-state index in [2.05, 4.69) is 12.2 Å². The zero-order valence-electron chi connectivity index (χ0n) is 11.1. The average molecular weight is 241 g/mol. The highest BCUT2D eigenvalue weighted by Gasteiger charge is 2.18. The van der Waals surface area contributed by atoms with Gasteiger partial charge in [-0.3, -0.25) is 0 Å². The fraction of sp³-hybridized carbons (Fsp3) is 1.00. The molecule has 0 aromatic carbocycles. The number of hydrogen-bond donors (Lipinski definition) is 1. The van der Waals surface area contributed by atoms with Crippen molar-refractivity contribution < 1.29 is 9.47 Å². The van der Waals surface area contributed by atoms with Gasteiger partial charge in [0.1, 0.15) is 6.79 Å². The van der Waals surface area contributed by atoms with Crippen LogP contribution in [0.3, 0.4) is 0 Å². The van der Waals surface area contributed by atoms with E-state index in [4.69, 9.17) is 9.47 Å². The van der Waals surface area contributed by atoms with E-state index >= 15 is 0 Å². The molecule has 1 N–H and O–H groups in total. The van der Waals surface area contributed by atoms with Crippen LogP contribution in [0.1, 0.15) is 45.4 Å². The molecule has 2 fully saturated rings. The molecule has 100 valence electrons. The van der Waals surface area contributed by atoms with Crippen molar-refractivity contribution in [1.29, 1.82) is 0 Å². The van der Waals surface area contributed by atoms with Gasteiger partial charge in [0.15, 0.2) is 0 Å². The van der Waals surface area contributed by atoms with Crippen LogP contribution in [0.25, 0.3) is 0 Å². The number of rotatable bonds is 5. The summed E-state index contributed by atoms with van der Waals surface area (Å²) in [5, 5.41) is 3.53. The molecule has 3 nitrogen and oxygen atoms in total. The van der Waals surface area contributed by atoms with Crippen LogP contribution in [0.2, 0.25) is 0 Å². The van der Waals surface area contributed by atoms with Crippen LogP contribution in [0.4, 0.5) is 0 Å². The van der Waals surface area contributed by atoms with E-state index in [-0.39, 0.29) is 0 Å². The second-order valence-electron chi connectivity index (χ2n) is 5.72. The minimum absolute atomic E-state index is 0.370. The van der Waals surface area contributed by atoms with Crippen LogP contribution in [-0.2, 0) is 9.47 Å². The molecule has 0 radical (unpaired) electrons. The van der Waals surface area contributed by atoms with E-state index in [0.29, 0.717) is 12.9 Å². The van der Waals surface area contributed by atoms with Gasteiger partial charge in [0.25, 0.3) is 0 Å². The lowest BCUT2D eigenvalue weighted by molar-refractivity contribution is -0.137. The third-order valence-electron chi connectivity index (χ3n) is 4.21. The molecule has 0 aromatic heterocycles. The minimum Gasteiger partial charge on any atom is -0.355 e. The molecule has 1 heterocycles. The Kier molecular flexibility index (Phi) is 5.75. The molecule has 0 spiro atoms. The summed E-state index contributed by atoms with van der Waals surface area (Å²) >= 11 is 0. The Labute approximate surface area is 105 Å². The fourth-order valence-corrected chi connectivity index (χ4v) is 2.85. The monoisotopic (exact) mass is 241 g/mol. The number of ether oxygens (including phenoxy) is 2. The van der Waals surface area contributed by atoms with Crippen LogP contribution in [0.15, 0.2) is 0 Å². The first kappa shape index (κ1) is 13.3. The van der Waals surface area contributed by atoms with Crippen LogP contribution >= 0.6 is 0 Å². The maximum absolute atomic E-state index is 5.50. The maximum Gasteiger partial charge on any atom is 0.147 e. The smallest absolute Gasteiger partial charge is 0.147 e. The van der Waals surface area contributed by atoms with Gasteiger partial charge in [-0.15, -0.1) is 0 Å². The first-order chi connectivity index (χ1) is 8.34. The lowest BCUT2D eigenvalue weighted by Crippen LogP contribution is -2.35.